The molecule has 0 N–H and O–H groups in total. The third-order valence-corrected chi connectivity index (χ3v) is 2.91. The molecule has 0 aliphatic carbocycles. The molecule has 2 rings (SSSR count). The number of hydrogen-bond donors (Lipinski definition) is 0. The van der Waals surface area contributed by atoms with Gasteiger partial charge in [0.15, 0.2) is 0 Å². The molecule has 8 heteroatoms. The molecule has 0 atom stereocenters. The van der Waals surface area contributed by atoms with Gasteiger partial charge in [-0.3, -0.25) is 0 Å². The van der Waals surface area contributed by atoms with Crippen molar-refractivity contribution >= 4 is 0 Å². The summed E-state index contributed by atoms with van der Waals surface area (Å²) in [6.45, 7) is 0. The molecule has 2 aromatic rings. The summed E-state index contributed by atoms with van der Waals surface area (Å²) in [5.41, 5.74) is -1.75. The van der Waals surface area contributed by atoms with Gasteiger partial charge in [-0.15, -0.1) is 19.6 Å². The maximum atomic E-state index is 14.0. The van der Waals surface area contributed by atoms with Crippen LogP contribution in [0.2, 0.25) is 0 Å². The van der Waals surface area contributed by atoms with Crippen molar-refractivity contribution in [2.45, 2.75) is 12.5 Å². The summed E-state index contributed by atoms with van der Waals surface area (Å²) in [5.74, 6) is 0.114. The summed E-state index contributed by atoms with van der Waals surface area (Å²) < 4.78 is 92.2. The summed E-state index contributed by atoms with van der Waals surface area (Å²) in [7, 11) is 0. The average molecular weight is 348 g/mol. The van der Waals surface area contributed by atoms with Gasteiger partial charge in [0.1, 0.15) is 11.6 Å². The van der Waals surface area contributed by atoms with Crippen LogP contribution in [0.4, 0.5) is 30.7 Å². The zero-order chi connectivity index (χ0) is 18.1. The molecule has 24 heavy (non-hydrogen) atoms. The van der Waals surface area contributed by atoms with Crippen LogP contribution in [0.15, 0.2) is 36.4 Å². The van der Waals surface area contributed by atoms with Gasteiger partial charge in [-0.2, -0.15) is 13.2 Å². The van der Waals surface area contributed by atoms with Crippen LogP contribution in [0.3, 0.4) is 0 Å². The van der Waals surface area contributed by atoms with Gasteiger partial charge in [0.05, 0.1) is 5.56 Å². The second-order valence-corrected chi connectivity index (χ2v) is 4.63. The Bertz CT molecular complexity index is 798. The number of benzene rings is 2. The Kier molecular flexibility index (Phi) is 4.47. The number of halogens is 7. The van der Waals surface area contributed by atoms with Crippen LogP contribution in [0.1, 0.15) is 11.1 Å². The molecule has 1 nitrogen and oxygen atoms in total. The van der Waals surface area contributed by atoms with Crippen LogP contribution in [-0.4, -0.2) is 6.36 Å². The van der Waals surface area contributed by atoms with E-state index < -0.39 is 29.7 Å². The van der Waals surface area contributed by atoms with E-state index in [9.17, 15) is 30.7 Å². The van der Waals surface area contributed by atoms with Crippen LogP contribution in [-0.2, 0) is 6.18 Å². The van der Waals surface area contributed by atoms with Crippen molar-refractivity contribution in [1.82, 2.24) is 0 Å². The van der Waals surface area contributed by atoms with Gasteiger partial charge in [-0.1, -0.05) is 12.0 Å². The molecule has 0 bridgehead atoms. The van der Waals surface area contributed by atoms with Crippen molar-refractivity contribution in [1.29, 1.82) is 0 Å². The Labute approximate surface area is 131 Å². The SMILES string of the molecule is C#Cc1cc(OC(F)(F)F)cc(-c2ccc(C(F)(F)F)cc2F)c1. The zero-order valence-corrected chi connectivity index (χ0v) is 11.6. The minimum Gasteiger partial charge on any atom is -0.406 e. The Balaban J connectivity index is 2.52. The lowest BCUT2D eigenvalue weighted by Crippen LogP contribution is -2.17. The number of ether oxygens (including phenoxy) is 1. The topological polar surface area (TPSA) is 9.23 Å². The molecule has 0 saturated heterocycles. The number of alkyl halides is 6. The van der Waals surface area contributed by atoms with Crippen LogP contribution < -0.4 is 4.74 Å². The van der Waals surface area contributed by atoms with Gasteiger partial charge in [-0.25, -0.2) is 4.39 Å². The minimum atomic E-state index is -5.00. The van der Waals surface area contributed by atoms with Gasteiger partial charge in [0, 0.05) is 11.1 Å². The molecule has 0 saturated carbocycles. The van der Waals surface area contributed by atoms with E-state index in [4.69, 9.17) is 6.42 Å². The van der Waals surface area contributed by atoms with E-state index in [1.807, 2.05) is 0 Å². The molecule has 0 aliphatic rings. The molecule has 0 fully saturated rings. The predicted octanol–water partition coefficient (Wildman–Crippen LogP) is 5.39. The Morgan fingerprint density at radius 3 is 2.08 bits per heavy atom. The van der Waals surface area contributed by atoms with E-state index in [0.29, 0.717) is 6.07 Å². The second-order valence-electron chi connectivity index (χ2n) is 4.63. The molecule has 0 heterocycles. The second kappa shape index (κ2) is 6.07. The Hall–Kier alpha value is -2.69. The largest absolute Gasteiger partial charge is 0.573 e. The molecule has 126 valence electrons. The summed E-state index contributed by atoms with van der Waals surface area (Å²) in [6, 6.07) is 4.58. The first-order chi connectivity index (χ1) is 11.0. The molecule has 0 spiro atoms. The van der Waals surface area contributed by atoms with E-state index >= 15 is 0 Å². The monoisotopic (exact) mass is 348 g/mol. The number of hydrogen-bond acceptors (Lipinski definition) is 1. The van der Waals surface area contributed by atoms with Crippen LogP contribution in [0.25, 0.3) is 11.1 Å². The number of rotatable bonds is 2. The predicted molar refractivity (Wildman–Crippen MR) is 71.5 cm³/mol. The van der Waals surface area contributed by atoms with Gasteiger partial charge >= 0.3 is 12.5 Å². The highest BCUT2D eigenvalue weighted by atomic mass is 19.4. The molecule has 0 amide bonds. The molecular weight excluding hydrogens is 341 g/mol. The Morgan fingerprint density at radius 2 is 1.58 bits per heavy atom. The van der Waals surface area contributed by atoms with Crippen molar-refractivity contribution in [3.05, 3.63) is 53.3 Å². The normalized spacial score (nSPS) is 11.9. The lowest BCUT2D eigenvalue weighted by atomic mass is 10.0. The minimum absolute atomic E-state index is 0.0500. The Morgan fingerprint density at radius 1 is 0.917 bits per heavy atom. The summed E-state index contributed by atoms with van der Waals surface area (Å²) in [4.78, 5) is 0. The smallest absolute Gasteiger partial charge is 0.406 e. The fraction of sp³-hybridized carbons (Fsp3) is 0.125. The highest BCUT2D eigenvalue weighted by Gasteiger charge is 2.32. The summed E-state index contributed by atoms with van der Waals surface area (Å²) in [5, 5.41) is 0. The van der Waals surface area contributed by atoms with E-state index in [-0.39, 0.29) is 22.8 Å². The van der Waals surface area contributed by atoms with Crippen molar-refractivity contribution in [3.63, 3.8) is 0 Å². The van der Waals surface area contributed by atoms with Crippen molar-refractivity contribution in [2.75, 3.05) is 0 Å². The van der Waals surface area contributed by atoms with Gasteiger partial charge in [-0.05, 0) is 35.9 Å². The van der Waals surface area contributed by atoms with Crippen molar-refractivity contribution < 1.29 is 35.5 Å². The first kappa shape index (κ1) is 17.7. The highest BCUT2D eigenvalue weighted by Crippen LogP contribution is 2.35. The van der Waals surface area contributed by atoms with Gasteiger partial charge in [0.2, 0.25) is 0 Å². The molecule has 0 unspecified atom stereocenters. The zero-order valence-electron chi connectivity index (χ0n) is 11.6. The fourth-order valence-electron chi connectivity index (χ4n) is 1.96. The van der Waals surface area contributed by atoms with E-state index in [1.165, 1.54) is 0 Å². The number of terminal acetylenes is 1. The average Bonchev–Trinajstić information content (AvgIpc) is 2.43. The van der Waals surface area contributed by atoms with Crippen molar-refractivity contribution in [3.8, 4) is 29.2 Å². The third kappa shape index (κ3) is 4.19. The lowest BCUT2D eigenvalue weighted by molar-refractivity contribution is -0.274. The first-order valence-electron chi connectivity index (χ1n) is 6.24. The maximum Gasteiger partial charge on any atom is 0.573 e. The quantitative estimate of drug-likeness (QED) is 0.522. The standard InChI is InChI=1S/C16H7F7O/c1-2-9-5-10(7-12(6-9)24-16(21,22)23)13-4-3-11(8-14(13)17)15(18,19)20/h1,3-8H. The van der Waals surface area contributed by atoms with Crippen LogP contribution >= 0.6 is 0 Å². The molecule has 0 radical (unpaired) electrons. The van der Waals surface area contributed by atoms with Crippen LogP contribution in [0.5, 0.6) is 5.75 Å². The maximum absolute atomic E-state index is 14.0. The molecule has 0 aromatic heterocycles. The third-order valence-electron chi connectivity index (χ3n) is 2.91. The van der Waals surface area contributed by atoms with E-state index in [1.54, 1.807) is 0 Å². The molecule has 2 aromatic carbocycles. The van der Waals surface area contributed by atoms with Gasteiger partial charge < -0.3 is 4.74 Å². The highest BCUT2D eigenvalue weighted by molar-refractivity contribution is 5.68. The summed E-state index contributed by atoms with van der Waals surface area (Å²) in [6.07, 6.45) is -4.62. The van der Waals surface area contributed by atoms with E-state index in [0.717, 1.165) is 24.3 Å². The lowest BCUT2D eigenvalue weighted by Gasteiger charge is -2.13. The van der Waals surface area contributed by atoms with Crippen molar-refractivity contribution in [2.24, 2.45) is 0 Å². The van der Waals surface area contributed by atoms with E-state index in [2.05, 4.69) is 10.7 Å². The summed E-state index contributed by atoms with van der Waals surface area (Å²) >= 11 is 0. The fourth-order valence-corrected chi connectivity index (χ4v) is 1.96. The van der Waals surface area contributed by atoms with Gasteiger partial charge in [0.25, 0.3) is 0 Å². The van der Waals surface area contributed by atoms with Crippen LogP contribution in [0, 0.1) is 18.2 Å². The molecular formula is C16H7F7O. The molecule has 0 aliphatic heterocycles. The first-order valence-corrected chi connectivity index (χ1v) is 6.24.